The summed E-state index contributed by atoms with van der Waals surface area (Å²) in [5.41, 5.74) is 0.0623. The van der Waals surface area contributed by atoms with Gasteiger partial charge in [-0.2, -0.15) is 4.31 Å². The summed E-state index contributed by atoms with van der Waals surface area (Å²) in [7, 11) is -3.94. The maximum atomic E-state index is 13.9. The van der Waals surface area contributed by atoms with Crippen molar-refractivity contribution in [1.82, 2.24) is 14.2 Å². The average Bonchev–Trinajstić information content (AvgIpc) is 3.17. The van der Waals surface area contributed by atoms with E-state index in [2.05, 4.69) is 10.3 Å². The Labute approximate surface area is 197 Å². The number of hydrogen-bond acceptors (Lipinski definition) is 4. The van der Waals surface area contributed by atoms with Gasteiger partial charge < -0.3 is 15.2 Å². The van der Waals surface area contributed by atoms with Crippen molar-refractivity contribution in [3.8, 4) is 0 Å². The number of nitrogens with one attached hydrogen (secondary N) is 2. The number of sulfonamides is 1. The SMILES string of the molecule is O=C(Nc1ccc(F)cc1F)C1CCCN(S(=O)(=O)c2c[nH]c(C(=O)N3CCCCCC3)c2)C1. The summed E-state index contributed by atoms with van der Waals surface area (Å²) in [6.45, 7) is 1.46. The van der Waals surface area contributed by atoms with Crippen LogP contribution in [0.1, 0.15) is 49.0 Å². The van der Waals surface area contributed by atoms with E-state index >= 15 is 0 Å². The molecule has 11 heteroatoms. The molecule has 34 heavy (non-hydrogen) atoms. The first-order valence-electron chi connectivity index (χ1n) is 11.5. The Kier molecular flexibility index (Phi) is 7.32. The van der Waals surface area contributed by atoms with Crippen LogP contribution in [-0.4, -0.2) is 60.6 Å². The number of H-pyrrole nitrogens is 1. The molecule has 2 aromatic rings. The van der Waals surface area contributed by atoms with Crippen molar-refractivity contribution >= 4 is 27.5 Å². The quantitative estimate of drug-likeness (QED) is 0.666. The second-order valence-electron chi connectivity index (χ2n) is 8.77. The summed E-state index contributed by atoms with van der Waals surface area (Å²) in [5, 5.41) is 2.42. The molecule has 1 aromatic heterocycles. The van der Waals surface area contributed by atoms with E-state index in [0.717, 1.165) is 37.8 Å². The molecule has 0 aliphatic carbocycles. The monoisotopic (exact) mass is 494 g/mol. The van der Waals surface area contributed by atoms with Crippen LogP contribution in [0, 0.1) is 17.6 Å². The lowest BCUT2D eigenvalue weighted by Crippen LogP contribution is -2.43. The first-order chi connectivity index (χ1) is 16.3. The van der Waals surface area contributed by atoms with E-state index in [1.54, 1.807) is 4.90 Å². The van der Waals surface area contributed by atoms with Crippen molar-refractivity contribution in [2.75, 3.05) is 31.5 Å². The highest BCUT2D eigenvalue weighted by Gasteiger charge is 2.34. The average molecular weight is 495 g/mol. The van der Waals surface area contributed by atoms with Gasteiger partial charge in [0.1, 0.15) is 22.2 Å². The third kappa shape index (κ3) is 5.30. The Hall–Kier alpha value is -2.79. The highest BCUT2D eigenvalue weighted by molar-refractivity contribution is 7.89. The van der Waals surface area contributed by atoms with E-state index in [-0.39, 0.29) is 35.3 Å². The van der Waals surface area contributed by atoms with Gasteiger partial charge in [-0.3, -0.25) is 9.59 Å². The van der Waals surface area contributed by atoms with Crippen LogP contribution in [0.4, 0.5) is 14.5 Å². The molecule has 8 nitrogen and oxygen atoms in total. The van der Waals surface area contributed by atoms with Crippen LogP contribution in [0.15, 0.2) is 35.4 Å². The molecular weight excluding hydrogens is 466 g/mol. The molecule has 0 spiro atoms. The Morgan fingerprint density at radius 3 is 2.44 bits per heavy atom. The van der Waals surface area contributed by atoms with Crippen molar-refractivity contribution < 1.29 is 26.8 Å². The normalized spacial score (nSPS) is 20.1. The topological polar surface area (TPSA) is 103 Å². The van der Waals surface area contributed by atoms with Crippen molar-refractivity contribution in [3.63, 3.8) is 0 Å². The van der Waals surface area contributed by atoms with Gasteiger partial charge in [0.15, 0.2) is 0 Å². The van der Waals surface area contributed by atoms with Crippen LogP contribution >= 0.6 is 0 Å². The van der Waals surface area contributed by atoms with Gasteiger partial charge >= 0.3 is 0 Å². The predicted molar refractivity (Wildman–Crippen MR) is 122 cm³/mol. The van der Waals surface area contributed by atoms with Crippen LogP contribution in [-0.2, 0) is 14.8 Å². The lowest BCUT2D eigenvalue weighted by atomic mass is 9.98. The minimum Gasteiger partial charge on any atom is -0.356 e. The zero-order valence-corrected chi connectivity index (χ0v) is 19.5. The number of benzene rings is 1. The number of carbonyl (C=O) groups is 2. The Balaban J connectivity index is 1.44. The molecular formula is C23H28F2N4O4S. The zero-order valence-electron chi connectivity index (χ0n) is 18.7. The molecule has 4 rings (SSSR count). The van der Waals surface area contributed by atoms with Gasteiger partial charge in [0, 0.05) is 38.4 Å². The molecule has 0 bridgehead atoms. The molecule has 3 heterocycles. The number of aromatic amines is 1. The van der Waals surface area contributed by atoms with E-state index in [1.165, 1.54) is 16.6 Å². The number of nitrogens with zero attached hydrogens (tertiary/aromatic N) is 2. The predicted octanol–water partition coefficient (Wildman–Crippen LogP) is 3.35. The Morgan fingerprint density at radius 2 is 1.74 bits per heavy atom. The fourth-order valence-electron chi connectivity index (χ4n) is 4.44. The van der Waals surface area contributed by atoms with Crippen LogP contribution in [0.3, 0.4) is 0 Å². The van der Waals surface area contributed by atoms with Gasteiger partial charge in [0.25, 0.3) is 5.91 Å². The molecule has 2 saturated heterocycles. The van der Waals surface area contributed by atoms with Crippen molar-refractivity contribution in [3.05, 3.63) is 47.8 Å². The highest BCUT2D eigenvalue weighted by atomic mass is 32.2. The van der Waals surface area contributed by atoms with Crippen LogP contribution < -0.4 is 5.32 Å². The number of rotatable bonds is 5. The summed E-state index contributed by atoms with van der Waals surface area (Å²) < 4.78 is 54.7. The number of halogens is 2. The minimum atomic E-state index is -3.94. The van der Waals surface area contributed by atoms with Gasteiger partial charge in [-0.25, -0.2) is 17.2 Å². The van der Waals surface area contributed by atoms with Gasteiger partial charge in [-0.1, -0.05) is 12.8 Å². The van der Waals surface area contributed by atoms with Crippen LogP contribution in [0.2, 0.25) is 0 Å². The first-order valence-corrected chi connectivity index (χ1v) is 12.9. The fraction of sp³-hybridized carbons (Fsp3) is 0.478. The number of anilines is 1. The van der Waals surface area contributed by atoms with E-state index in [1.807, 2.05) is 0 Å². The molecule has 1 unspecified atom stereocenters. The largest absolute Gasteiger partial charge is 0.356 e. The highest BCUT2D eigenvalue weighted by Crippen LogP contribution is 2.26. The van der Waals surface area contributed by atoms with E-state index in [4.69, 9.17) is 0 Å². The van der Waals surface area contributed by atoms with E-state index in [0.29, 0.717) is 32.0 Å². The summed E-state index contributed by atoms with van der Waals surface area (Å²) in [6, 6.07) is 4.18. The molecule has 2 aliphatic heterocycles. The number of hydrogen-bond donors (Lipinski definition) is 2. The van der Waals surface area contributed by atoms with Crippen molar-refractivity contribution in [2.45, 2.75) is 43.4 Å². The summed E-state index contributed by atoms with van der Waals surface area (Å²) >= 11 is 0. The Bertz CT molecular complexity index is 1160. The molecule has 2 amide bonds. The van der Waals surface area contributed by atoms with E-state index in [9.17, 15) is 26.8 Å². The number of carbonyl (C=O) groups excluding carboxylic acids is 2. The summed E-state index contributed by atoms with van der Waals surface area (Å²) in [5.74, 6) is -3.10. The molecule has 0 radical (unpaired) electrons. The molecule has 2 aliphatic rings. The number of aromatic nitrogens is 1. The Morgan fingerprint density at radius 1 is 1.00 bits per heavy atom. The number of piperidine rings is 1. The fourth-order valence-corrected chi connectivity index (χ4v) is 5.96. The second kappa shape index (κ2) is 10.2. The molecule has 2 N–H and O–H groups in total. The summed E-state index contributed by atoms with van der Waals surface area (Å²) in [4.78, 5) is 30.0. The van der Waals surface area contributed by atoms with Gasteiger partial charge in [0.05, 0.1) is 11.6 Å². The standard InChI is InChI=1S/C23H28F2N4O4S/c24-17-7-8-20(19(25)12-17)27-22(30)16-6-5-11-29(15-16)34(32,33)18-13-21(26-14-18)23(31)28-9-3-1-2-4-10-28/h7-8,12-14,16,26H,1-6,9-11,15H2,(H,27,30). The number of amides is 2. The lowest BCUT2D eigenvalue weighted by molar-refractivity contribution is -0.120. The maximum Gasteiger partial charge on any atom is 0.270 e. The molecule has 1 atom stereocenters. The number of likely N-dealkylation sites (tertiary alicyclic amines) is 1. The third-order valence-corrected chi connectivity index (χ3v) is 8.20. The first kappa shape index (κ1) is 24.3. The lowest BCUT2D eigenvalue weighted by Gasteiger charge is -2.31. The molecule has 0 saturated carbocycles. The zero-order chi connectivity index (χ0) is 24.3. The van der Waals surface area contributed by atoms with E-state index < -0.39 is 33.5 Å². The van der Waals surface area contributed by atoms with Crippen LogP contribution in [0.25, 0.3) is 0 Å². The van der Waals surface area contributed by atoms with Crippen LogP contribution in [0.5, 0.6) is 0 Å². The van der Waals surface area contributed by atoms with Gasteiger partial charge in [-0.05, 0) is 43.9 Å². The molecule has 1 aromatic carbocycles. The molecule has 184 valence electrons. The molecule has 2 fully saturated rings. The second-order valence-corrected chi connectivity index (χ2v) is 10.7. The summed E-state index contributed by atoms with van der Waals surface area (Å²) in [6.07, 6.45) is 6.20. The smallest absolute Gasteiger partial charge is 0.270 e. The van der Waals surface area contributed by atoms with Gasteiger partial charge in [0.2, 0.25) is 15.9 Å². The van der Waals surface area contributed by atoms with Crippen molar-refractivity contribution in [2.24, 2.45) is 5.92 Å². The van der Waals surface area contributed by atoms with Crippen molar-refractivity contribution in [1.29, 1.82) is 0 Å². The minimum absolute atomic E-state index is 0.0312. The maximum absolute atomic E-state index is 13.9. The third-order valence-electron chi connectivity index (χ3n) is 6.36. The van der Waals surface area contributed by atoms with Gasteiger partial charge in [-0.15, -0.1) is 0 Å².